The van der Waals surface area contributed by atoms with Crippen LogP contribution in [0, 0.1) is 0 Å². The zero-order valence-electron chi connectivity index (χ0n) is 12.9. The number of carbonyl (C=O) groups is 2. The van der Waals surface area contributed by atoms with Crippen molar-refractivity contribution in [1.29, 1.82) is 0 Å². The Morgan fingerprint density at radius 3 is 1.96 bits per heavy atom. The number of carbonyl (C=O) groups excluding carboxylic acids is 2. The number of benzene rings is 2. The molecule has 0 bridgehead atoms. The Labute approximate surface area is 136 Å². The quantitative estimate of drug-likeness (QED) is 0.834. The summed E-state index contributed by atoms with van der Waals surface area (Å²) >= 11 is 0. The normalized spacial score (nSPS) is 15.2. The summed E-state index contributed by atoms with van der Waals surface area (Å²) in [6.07, 6.45) is 1.87. The molecule has 0 aromatic heterocycles. The maximum absolute atomic E-state index is 11.3. The van der Waals surface area contributed by atoms with Crippen LogP contribution in [0.5, 0.6) is 0 Å². The van der Waals surface area contributed by atoms with Crippen LogP contribution in [0.2, 0.25) is 0 Å². The van der Waals surface area contributed by atoms with Crippen molar-refractivity contribution >= 4 is 11.7 Å². The van der Waals surface area contributed by atoms with Crippen molar-refractivity contribution in [2.75, 3.05) is 13.1 Å². The Morgan fingerprint density at radius 1 is 0.913 bits per heavy atom. The molecule has 0 unspecified atom stereocenters. The van der Waals surface area contributed by atoms with Crippen molar-refractivity contribution in [3.8, 4) is 0 Å². The second-order valence-electron chi connectivity index (χ2n) is 5.80. The summed E-state index contributed by atoms with van der Waals surface area (Å²) in [5.41, 5.74) is 5.19. The molecule has 3 rings (SSSR count). The highest BCUT2D eigenvalue weighted by atomic mass is 16.2. The lowest BCUT2D eigenvalue weighted by Crippen LogP contribution is -2.34. The van der Waals surface area contributed by atoms with Crippen molar-refractivity contribution in [2.45, 2.75) is 18.8 Å². The first-order valence-electron chi connectivity index (χ1n) is 7.92. The number of amides is 1. The van der Waals surface area contributed by atoms with Crippen molar-refractivity contribution in [3.05, 3.63) is 71.8 Å². The molecule has 23 heavy (non-hydrogen) atoms. The average Bonchev–Trinajstić information content (AvgIpc) is 2.91. The third kappa shape index (κ3) is 3.85. The molecular weight excluding hydrogens is 288 g/mol. The van der Waals surface area contributed by atoms with Crippen LogP contribution in [0.25, 0.3) is 0 Å². The number of hydrogen-bond acceptors (Lipinski definition) is 3. The second kappa shape index (κ2) is 7.20. The Balaban J connectivity index is 1.65. The fraction of sp³-hybridized carbons (Fsp3) is 0.263. The molecule has 1 fully saturated rings. The van der Waals surface area contributed by atoms with Gasteiger partial charge in [-0.3, -0.25) is 15.0 Å². The molecule has 1 saturated heterocycles. The van der Waals surface area contributed by atoms with Crippen molar-refractivity contribution in [1.82, 2.24) is 10.4 Å². The zero-order chi connectivity index (χ0) is 16.1. The summed E-state index contributed by atoms with van der Waals surface area (Å²) in [6, 6.07) is 20.9. The molecule has 0 spiro atoms. The lowest BCUT2D eigenvalue weighted by Gasteiger charge is -2.20. The van der Waals surface area contributed by atoms with Crippen LogP contribution in [0.15, 0.2) is 60.7 Å². The number of ketones is 1. The largest absolute Gasteiger partial charge is 0.303 e. The van der Waals surface area contributed by atoms with E-state index in [0.29, 0.717) is 12.5 Å². The van der Waals surface area contributed by atoms with E-state index >= 15 is 0 Å². The van der Waals surface area contributed by atoms with E-state index in [2.05, 4.69) is 54.0 Å². The Morgan fingerprint density at radius 2 is 1.48 bits per heavy atom. The maximum atomic E-state index is 11.3. The molecule has 2 aromatic carbocycles. The lowest BCUT2D eigenvalue weighted by atomic mass is 9.87. The summed E-state index contributed by atoms with van der Waals surface area (Å²) in [6.45, 7) is 0.869. The van der Waals surface area contributed by atoms with E-state index in [0.717, 1.165) is 12.8 Å². The zero-order valence-corrected chi connectivity index (χ0v) is 12.9. The molecule has 2 aromatic rings. The minimum absolute atomic E-state index is 0.181. The van der Waals surface area contributed by atoms with Crippen LogP contribution in [-0.4, -0.2) is 29.8 Å². The number of hydrazine groups is 1. The fourth-order valence-corrected chi connectivity index (χ4v) is 3.01. The molecule has 1 amide bonds. The van der Waals surface area contributed by atoms with Gasteiger partial charge in [-0.05, 0) is 24.0 Å². The first kappa shape index (κ1) is 15.4. The van der Waals surface area contributed by atoms with E-state index in [4.69, 9.17) is 0 Å². The monoisotopic (exact) mass is 308 g/mol. The highest BCUT2D eigenvalue weighted by Crippen LogP contribution is 2.29. The predicted octanol–water partition coefficient (Wildman–Crippen LogP) is 2.51. The molecule has 1 aliphatic rings. The van der Waals surface area contributed by atoms with E-state index in [1.165, 1.54) is 11.1 Å². The van der Waals surface area contributed by atoms with E-state index < -0.39 is 5.91 Å². The highest BCUT2D eigenvalue weighted by Gasteiger charge is 2.27. The van der Waals surface area contributed by atoms with Crippen LogP contribution in [-0.2, 0) is 9.59 Å². The third-order valence-corrected chi connectivity index (χ3v) is 4.17. The van der Waals surface area contributed by atoms with E-state index in [1.807, 2.05) is 12.1 Å². The van der Waals surface area contributed by atoms with Gasteiger partial charge in [0.25, 0.3) is 0 Å². The van der Waals surface area contributed by atoms with E-state index in [9.17, 15) is 9.59 Å². The molecule has 0 atom stereocenters. The first-order chi connectivity index (χ1) is 11.2. The molecule has 0 radical (unpaired) electrons. The van der Waals surface area contributed by atoms with E-state index in [-0.39, 0.29) is 12.3 Å². The number of Topliss-reactive ketones (excluding diaryl/α,β-unsaturated/α-hetero) is 1. The van der Waals surface area contributed by atoms with Crippen molar-refractivity contribution < 1.29 is 9.59 Å². The molecule has 0 saturated carbocycles. The van der Waals surface area contributed by atoms with Gasteiger partial charge in [0, 0.05) is 12.5 Å². The van der Waals surface area contributed by atoms with Crippen LogP contribution < -0.4 is 5.43 Å². The molecular formula is C19H20N2O2. The summed E-state index contributed by atoms with van der Waals surface area (Å²) in [4.78, 5) is 22.5. The molecule has 1 heterocycles. The first-order valence-corrected chi connectivity index (χ1v) is 7.92. The van der Waals surface area contributed by atoms with Crippen LogP contribution in [0.3, 0.4) is 0 Å². The lowest BCUT2D eigenvalue weighted by molar-refractivity contribution is -0.134. The number of nitrogens with zero attached hydrogens (tertiary/aromatic N) is 1. The fourth-order valence-electron chi connectivity index (χ4n) is 3.01. The van der Waals surface area contributed by atoms with Gasteiger partial charge in [-0.1, -0.05) is 60.7 Å². The summed E-state index contributed by atoms with van der Waals surface area (Å²) in [5, 5.41) is 1.71. The standard InChI is InChI=1S/C19H20N2O2/c22-18-14-21(20-19(18)23)13-7-12-17(15-8-3-1-4-9-15)16-10-5-2-6-11-16/h1-6,8-11,17H,7,12-14H2,(H,20,23). The summed E-state index contributed by atoms with van der Waals surface area (Å²) in [7, 11) is 0. The third-order valence-electron chi connectivity index (χ3n) is 4.17. The number of hydrogen-bond donors (Lipinski definition) is 1. The average molecular weight is 308 g/mol. The molecule has 118 valence electrons. The number of rotatable bonds is 6. The predicted molar refractivity (Wildman–Crippen MR) is 88.7 cm³/mol. The molecule has 4 nitrogen and oxygen atoms in total. The van der Waals surface area contributed by atoms with Gasteiger partial charge in [-0.15, -0.1) is 0 Å². The van der Waals surface area contributed by atoms with Crippen LogP contribution in [0.1, 0.15) is 29.9 Å². The van der Waals surface area contributed by atoms with Gasteiger partial charge in [0.1, 0.15) is 0 Å². The number of nitrogens with one attached hydrogen (secondary N) is 1. The molecule has 1 aliphatic heterocycles. The van der Waals surface area contributed by atoms with Gasteiger partial charge in [0.05, 0.1) is 6.54 Å². The SMILES string of the molecule is O=C1CN(CCCC(c2ccccc2)c2ccccc2)NC1=O. The minimum Gasteiger partial charge on any atom is -0.287 e. The van der Waals surface area contributed by atoms with Gasteiger partial charge in [-0.25, -0.2) is 5.01 Å². The highest BCUT2D eigenvalue weighted by molar-refractivity contribution is 6.38. The minimum atomic E-state index is -0.493. The topological polar surface area (TPSA) is 49.4 Å². The Bertz CT molecular complexity index is 615. The van der Waals surface area contributed by atoms with Gasteiger partial charge in [-0.2, -0.15) is 0 Å². The van der Waals surface area contributed by atoms with Crippen molar-refractivity contribution in [3.63, 3.8) is 0 Å². The van der Waals surface area contributed by atoms with Gasteiger partial charge < -0.3 is 0 Å². The molecule has 1 N–H and O–H groups in total. The van der Waals surface area contributed by atoms with Gasteiger partial charge >= 0.3 is 5.91 Å². The Kier molecular flexibility index (Phi) is 4.83. The Hall–Kier alpha value is -2.46. The molecule has 4 heteroatoms. The second-order valence-corrected chi connectivity index (χ2v) is 5.80. The smallest absolute Gasteiger partial charge is 0.287 e. The summed E-state index contributed by atoms with van der Waals surface area (Å²) in [5.74, 6) is -0.522. The van der Waals surface area contributed by atoms with Gasteiger partial charge in [0.2, 0.25) is 5.78 Å². The van der Waals surface area contributed by atoms with Crippen molar-refractivity contribution in [2.24, 2.45) is 0 Å². The maximum Gasteiger partial charge on any atom is 0.303 e. The van der Waals surface area contributed by atoms with E-state index in [1.54, 1.807) is 5.01 Å². The van der Waals surface area contributed by atoms with Gasteiger partial charge in [0.15, 0.2) is 0 Å². The summed E-state index contributed by atoms with van der Waals surface area (Å²) < 4.78 is 0. The molecule has 0 aliphatic carbocycles. The van der Waals surface area contributed by atoms with Crippen LogP contribution in [0.4, 0.5) is 0 Å². The van der Waals surface area contributed by atoms with Crippen LogP contribution >= 0.6 is 0 Å².